The molecule has 0 bridgehead atoms. The van der Waals surface area contributed by atoms with E-state index in [0.717, 1.165) is 25.9 Å². The van der Waals surface area contributed by atoms with Crippen LogP contribution in [-0.2, 0) is 4.79 Å². The van der Waals surface area contributed by atoms with Crippen molar-refractivity contribution in [2.24, 2.45) is 5.92 Å². The van der Waals surface area contributed by atoms with Crippen LogP contribution in [0.3, 0.4) is 0 Å². The first-order valence-corrected chi connectivity index (χ1v) is 8.22. The highest BCUT2D eigenvalue weighted by molar-refractivity contribution is 5.76. The molecule has 2 aliphatic rings. The number of hydrogen-bond acceptors (Lipinski definition) is 3. The van der Waals surface area contributed by atoms with Gasteiger partial charge in [-0.05, 0) is 44.0 Å². The van der Waals surface area contributed by atoms with Gasteiger partial charge in [0.25, 0.3) is 0 Å². The predicted octanol–water partition coefficient (Wildman–Crippen LogP) is 1.86. The van der Waals surface area contributed by atoms with E-state index in [4.69, 9.17) is 0 Å². The van der Waals surface area contributed by atoms with Gasteiger partial charge in [-0.15, -0.1) is 0 Å². The Bertz CT molecular complexity index is 508. The number of piperidine rings is 1. The molecule has 2 fully saturated rings. The van der Waals surface area contributed by atoms with Gasteiger partial charge in [0.2, 0.25) is 5.91 Å². The standard InChI is InChI=1S/C17H24FN3O/c18-15-3-1-2-4-16(15)20-9-11-21(12-10-20)17(22)13-14-5-7-19-8-6-14/h1-4,14,19H,5-13H2. The Balaban J connectivity index is 1.51. The van der Waals surface area contributed by atoms with Gasteiger partial charge in [0.1, 0.15) is 5.82 Å². The first kappa shape index (κ1) is 15.3. The first-order valence-electron chi connectivity index (χ1n) is 8.22. The molecule has 1 N–H and O–H groups in total. The number of piperazine rings is 1. The van der Waals surface area contributed by atoms with E-state index in [1.807, 2.05) is 21.9 Å². The van der Waals surface area contributed by atoms with Crippen molar-refractivity contribution in [1.29, 1.82) is 0 Å². The van der Waals surface area contributed by atoms with E-state index in [2.05, 4.69) is 5.32 Å². The molecule has 0 aromatic heterocycles. The fourth-order valence-electron chi connectivity index (χ4n) is 3.37. The molecule has 1 aromatic rings. The van der Waals surface area contributed by atoms with Gasteiger partial charge in [-0.3, -0.25) is 4.79 Å². The van der Waals surface area contributed by atoms with Gasteiger partial charge < -0.3 is 15.1 Å². The van der Waals surface area contributed by atoms with Crippen molar-refractivity contribution in [1.82, 2.24) is 10.2 Å². The van der Waals surface area contributed by atoms with Crippen LogP contribution in [0.4, 0.5) is 10.1 Å². The first-order chi connectivity index (χ1) is 10.7. The van der Waals surface area contributed by atoms with Gasteiger partial charge in [0.05, 0.1) is 5.69 Å². The number of amides is 1. The Morgan fingerprint density at radius 1 is 1.14 bits per heavy atom. The molecule has 0 radical (unpaired) electrons. The molecule has 1 amide bonds. The minimum Gasteiger partial charge on any atom is -0.366 e. The molecule has 5 heteroatoms. The van der Waals surface area contributed by atoms with Crippen LogP contribution in [0.5, 0.6) is 0 Å². The van der Waals surface area contributed by atoms with Gasteiger partial charge >= 0.3 is 0 Å². The smallest absolute Gasteiger partial charge is 0.222 e. The lowest BCUT2D eigenvalue weighted by Crippen LogP contribution is -2.49. The highest BCUT2D eigenvalue weighted by Gasteiger charge is 2.25. The fraction of sp³-hybridized carbons (Fsp3) is 0.588. The van der Waals surface area contributed by atoms with Crippen molar-refractivity contribution >= 4 is 11.6 Å². The van der Waals surface area contributed by atoms with E-state index >= 15 is 0 Å². The number of carbonyl (C=O) groups excluding carboxylic acids is 1. The minimum atomic E-state index is -0.183. The lowest BCUT2D eigenvalue weighted by molar-refractivity contribution is -0.132. The van der Waals surface area contributed by atoms with Gasteiger partial charge in [-0.2, -0.15) is 0 Å². The van der Waals surface area contributed by atoms with E-state index in [1.165, 1.54) is 6.07 Å². The van der Waals surface area contributed by atoms with Crippen LogP contribution >= 0.6 is 0 Å². The van der Waals surface area contributed by atoms with Crippen LogP contribution in [0.2, 0.25) is 0 Å². The van der Waals surface area contributed by atoms with E-state index in [-0.39, 0.29) is 11.7 Å². The van der Waals surface area contributed by atoms with Crippen LogP contribution in [0.1, 0.15) is 19.3 Å². The summed E-state index contributed by atoms with van der Waals surface area (Å²) in [4.78, 5) is 16.4. The number of rotatable bonds is 3. The third-order valence-electron chi connectivity index (χ3n) is 4.75. The largest absolute Gasteiger partial charge is 0.366 e. The van der Waals surface area contributed by atoms with Crippen molar-refractivity contribution in [3.63, 3.8) is 0 Å². The molecule has 0 spiro atoms. The fourth-order valence-corrected chi connectivity index (χ4v) is 3.37. The zero-order valence-electron chi connectivity index (χ0n) is 12.9. The molecule has 120 valence electrons. The summed E-state index contributed by atoms with van der Waals surface area (Å²) >= 11 is 0. The zero-order valence-corrected chi connectivity index (χ0v) is 12.9. The number of anilines is 1. The number of nitrogens with zero attached hydrogens (tertiary/aromatic N) is 2. The summed E-state index contributed by atoms with van der Waals surface area (Å²) < 4.78 is 13.8. The second-order valence-electron chi connectivity index (χ2n) is 6.22. The van der Waals surface area contributed by atoms with Crippen LogP contribution in [-0.4, -0.2) is 50.1 Å². The normalized spacial score (nSPS) is 20.2. The SMILES string of the molecule is O=C(CC1CCNCC1)N1CCN(c2ccccc2F)CC1. The van der Waals surface area contributed by atoms with E-state index < -0.39 is 0 Å². The predicted molar refractivity (Wildman–Crippen MR) is 85.4 cm³/mol. The highest BCUT2D eigenvalue weighted by Crippen LogP contribution is 2.22. The molecule has 2 saturated heterocycles. The molecule has 1 aromatic carbocycles. The summed E-state index contributed by atoms with van der Waals surface area (Å²) in [5, 5.41) is 3.33. The Labute approximate surface area is 131 Å². The third kappa shape index (κ3) is 3.58. The monoisotopic (exact) mass is 305 g/mol. The van der Waals surface area contributed by atoms with Crippen LogP contribution in [0.15, 0.2) is 24.3 Å². The summed E-state index contributed by atoms with van der Waals surface area (Å²) in [6, 6.07) is 6.86. The van der Waals surface area contributed by atoms with E-state index in [9.17, 15) is 9.18 Å². The molecular weight excluding hydrogens is 281 g/mol. The van der Waals surface area contributed by atoms with Crippen LogP contribution in [0, 0.1) is 11.7 Å². The maximum atomic E-state index is 13.8. The Kier molecular flexibility index (Phi) is 4.93. The molecular formula is C17H24FN3O. The summed E-state index contributed by atoms with van der Waals surface area (Å²) in [7, 11) is 0. The Hall–Kier alpha value is -1.62. The molecule has 4 nitrogen and oxygen atoms in total. The molecule has 22 heavy (non-hydrogen) atoms. The zero-order chi connectivity index (χ0) is 15.4. The average molecular weight is 305 g/mol. The van der Waals surface area contributed by atoms with Crippen LogP contribution < -0.4 is 10.2 Å². The van der Waals surface area contributed by atoms with Crippen molar-refractivity contribution in [2.45, 2.75) is 19.3 Å². The van der Waals surface area contributed by atoms with Gasteiger partial charge in [-0.25, -0.2) is 4.39 Å². The summed E-state index contributed by atoms with van der Waals surface area (Å²) in [5.41, 5.74) is 0.646. The summed E-state index contributed by atoms with van der Waals surface area (Å²) in [6.45, 7) is 4.85. The van der Waals surface area contributed by atoms with Gasteiger partial charge in [-0.1, -0.05) is 12.1 Å². The minimum absolute atomic E-state index is 0.183. The maximum absolute atomic E-state index is 13.8. The highest BCUT2D eigenvalue weighted by atomic mass is 19.1. The Morgan fingerprint density at radius 2 is 1.82 bits per heavy atom. The topological polar surface area (TPSA) is 35.6 Å². The number of carbonyl (C=O) groups is 1. The molecule has 0 saturated carbocycles. The number of benzene rings is 1. The average Bonchev–Trinajstić information content (AvgIpc) is 2.56. The lowest BCUT2D eigenvalue weighted by Gasteiger charge is -2.37. The molecule has 0 unspecified atom stereocenters. The van der Waals surface area contributed by atoms with Crippen molar-refractivity contribution in [3.8, 4) is 0 Å². The third-order valence-corrected chi connectivity index (χ3v) is 4.75. The number of para-hydroxylation sites is 1. The second-order valence-corrected chi connectivity index (χ2v) is 6.22. The maximum Gasteiger partial charge on any atom is 0.222 e. The van der Waals surface area contributed by atoms with Gasteiger partial charge in [0.15, 0.2) is 0 Å². The number of nitrogens with one attached hydrogen (secondary N) is 1. The molecule has 3 rings (SSSR count). The molecule has 0 aliphatic carbocycles. The molecule has 2 heterocycles. The summed E-state index contributed by atoms with van der Waals surface area (Å²) in [6.07, 6.45) is 2.86. The summed E-state index contributed by atoms with van der Waals surface area (Å²) in [5.74, 6) is 0.607. The molecule has 2 aliphatic heterocycles. The van der Waals surface area contributed by atoms with Crippen molar-refractivity contribution in [2.75, 3.05) is 44.2 Å². The van der Waals surface area contributed by atoms with Crippen LogP contribution in [0.25, 0.3) is 0 Å². The van der Waals surface area contributed by atoms with E-state index in [0.29, 0.717) is 44.2 Å². The van der Waals surface area contributed by atoms with Crippen molar-refractivity contribution in [3.05, 3.63) is 30.1 Å². The lowest BCUT2D eigenvalue weighted by atomic mass is 9.94. The molecule has 0 atom stereocenters. The van der Waals surface area contributed by atoms with Crippen molar-refractivity contribution < 1.29 is 9.18 Å². The Morgan fingerprint density at radius 3 is 2.50 bits per heavy atom. The quantitative estimate of drug-likeness (QED) is 0.926. The second kappa shape index (κ2) is 7.09. The number of hydrogen-bond donors (Lipinski definition) is 1. The number of halogens is 1. The van der Waals surface area contributed by atoms with Gasteiger partial charge in [0, 0.05) is 32.6 Å². The van der Waals surface area contributed by atoms with E-state index in [1.54, 1.807) is 6.07 Å².